The molecule has 0 nitrogen and oxygen atoms in total. The number of rotatable bonds is 3. The molecule has 4 rings (SSSR count). The van der Waals surface area contributed by atoms with Crippen LogP contribution in [0.1, 0.15) is 105 Å². The fourth-order valence-corrected chi connectivity index (χ4v) is 9.18. The Hall–Kier alpha value is 0. The summed E-state index contributed by atoms with van der Waals surface area (Å²) in [6.07, 6.45) is 17.0. The minimum Gasteiger partial charge on any atom is -0.0628 e. The van der Waals surface area contributed by atoms with E-state index in [0.717, 1.165) is 41.4 Å². The van der Waals surface area contributed by atoms with Gasteiger partial charge in [0, 0.05) is 0 Å². The van der Waals surface area contributed by atoms with E-state index < -0.39 is 0 Å². The molecular formula is C25H44. The zero-order valence-corrected chi connectivity index (χ0v) is 17.8. The molecule has 0 bridgehead atoms. The average Bonchev–Trinajstić information content (AvgIpc) is 2.91. The fraction of sp³-hybridized carbons (Fsp3) is 1.00. The van der Waals surface area contributed by atoms with Gasteiger partial charge >= 0.3 is 0 Å². The summed E-state index contributed by atoms with van der Waals surface area (Å²) < 4.78 is 0. The molecule has 0 aliphatic heterocycles. The van der Waals surface area contributed by atoms with E-state index >= 15 is 0 Å². The standard InChI is InChI=1S/C25H44/c1-17(2)16-18(3)21-11-12-22-20-10-9-19-8-6-7-14-24(19,4)23(20)13-15-25(21,22)5/h17-23H,6-16H2,1-5H3/t18-,19?,20+,21-,22+,23+,24+,25-/m1/s1. The van der Waals surface area contributed by atoms with Gasteiger partial charge in [0.15, 0.2) is 0 Å². The van der Waals surface area contributed by atoms with Gasteiger partial charge in [-0.05, 0) is 110 Å². The smallest absolute Gasteiger partial charge is 0.0264 e. The summed E-state index contributed by atoms with van der Waals surface area (Å²) in [5, 5.41) is 0. The predicted octanol–water partition coefficient (Wildman–Crippen LogP) is 7.72. The third-order valence-electron chi connectivity index (χ3n) is 10.2. The van der Waals surface area contributed by atoms with Gasteiger partial charge in [-0.2, -0.15) is 0 Å². The van der Waals surface area contributed by atoms with Crippen molar-refractivity contribution in [2.24, 2.45) is 52.3 Å². The Morgan fingerprint density at radius 1 is 0.760 bits per heavy atom. The molecule has 25 heavy (non-hydrogen) atoms. The Bertz CT molecular complexity index is 478. The van der Waals surface area contributed by atoms with Crippen LogP contribution in [0.25, 0.3) is 0 Å². The molecule has 144 valence electrons. The van der Waals surface area contributed by atoms with Crippen molar-refractivity contribution in [2.45, 2.75) is 105 Å². The van der Waals surface area contributed by atoms with E-state index in [4.69, 9.17) is 0 Å². The quantitative estimate of drug-likeness (QED) is 0.491. The Labute approximate surface area is 157 Å². The minimum atomic E-state index is 0.674. The average molecular weight is 345 g/mol. The van der Waals surface area contributed by atoms with Crippen LogP contribution in [0.3, 0.4) is 0 Å². The summed E-state index contributed by atoms with van der Waals surface area (Å²) in [5.41, 5.74) is 1.39. The maximum atomic E-state index is 2.73. The molecule has 0 aromatic carbocycles. The van der Waals surface area contributed by atoms with E-state index in [-0.39, 0.29) is 0 Å². The van der Waals surface area contributed by atoms with Crippen molar-refractivity contribution < 1.29 is 0 Å². The van der Waals surface area contributed by atoms with Gasteiger partial charge in [-0.1, -0.05) is 47.5 Å². The summed E-state index contributed by atoms with van der Waals surface area (Å²) in [5.74, 6) is 7.10. The Morgan fingerprint density at radius 2 is 1.52 bits per heavy atom. The molecule has 0 aromatic rings. The highest BCUT2D eigenvalue weighted by Crippen LogP contribution is 2.68. The topological polar surface area (TPSA) is 0 Å². The van der Waals surface area contributed by atoms with Crippen molar-refractivity contribution in [3.8, 4) is 0 Å². The van der Waals surface area contributed by atoms with Crippen LogP contribution in [0.5, 0.6) is 0 Å². The minimum absolute atomic E-state index is 0.674. The van der Waals surface area contributed by atoms with E-state index in [1.165, 1.54) is 19.3 Å². The molecule has 8 atom stereocenters. The number of hydrogen-bond acceptors (Lipinski definition) is 0. The second-order valence-corrected chi connectivity index (χ2v) is 11.7. The number of hydrogen-bond donors (Lipinski definition) is 0. The molecule has 0 heterocycles. The highest BCUT2D eigenvalue weighted by molar-refractivity contribution is 5.09. The third-order valence-corrected chi connectivity index (χ3v) is 10.2. The van der Waals surface area contributed by atoms with Gasteiger partial charge in [0.1, 0.15) is 0 Å². The van der Waals surface area contributed by atoms with Gasteiger partial charge in [0.2, 0.25) is 0 Å². The largest absolute Gasteiger partial charge is 0.0628 e. The van der Waals surface area contributed by atoms with Crippen molar-refractivity contribution >= 4 is 0 Å². The zero-order valence-electron chi connectivity index (χ0n) is 17.8. The summed E-state index contributed by atoms with van der Waals surface area (Å²) in [6.45, 7) is 12.9. The van der Waals surface area contributed by atoms with Crippen LogP contribution < -0.4 is 0 Å². The van der Waals surface area contributed by atoms with Crippen molar-refractivity contribution in [3.05, 3.63) is 0 Å². The van der Waals surface area contributed by atoms with Crippen molar-refractivity contribution in [1.29, 1.82) is 0 Å². The Kier molecular flexibility index (Phi) is 4.82. The lowest BCUT2D eigenvalue weighted by Gasteiger charge is -2.61. The van der Waals surface area contributed by atoms with Gasteiger partial charge in [-0.3, -0.25) is 0 Å². The van der Waals surface area contributed by atoms with Gasteiger partial charge in [0.25, 0.3) is 0 Å². The molecule has 4 saturated carbocycles. The monoisotopic (exact) mass is 344 g/mol. The Morgan fingerprint density at radius 3 is 2.28 bits per heavy atom. The summed E-state index contributed by atoms with van der Waals surface area (Å²) in [6, 6.07) is 0. The third kappa shape index (κ3) is 2.84. The molecule has 0 spiro atoms. The van der Waals surface area contributed by atoms with E-state index in [1.54, 1.807) is 51.4 Å². The van der Waals surface area contributed by atoms with E-state index in [1.807, 2.05) is 0 Å². The second kappa shape index (κ2) is 6.56. The van der Waals surface area contributed by atoms with E-state index in [2.05, 4.69) is 34.6 Å². The van der Waals surface area contributed by atoms with Crippen LogP contribution in [0.2, 0.25) is 0 Å². The first-order valence-corrected chi connectivity index (χ1v) is 11.9. The summed E-state index contributed by atoms with van der Waals surface area (Å²) in [7, 11) is 0. The number of fused-ring (bicyclic) bond motifs is 5. The normalized spacial score (nSPS) is 50.9. The van der Waals surface area contributed by atoms with Crippen molar-refractivity contribution in [2.75, 3.05) is 0 Å². The van der Waals surface area contributed by atoms with Gasteiger partial charge in [-0.15, -0.1) is 0 Å². The lowest BCUT2D eigenvalue weighted by atomic mass is 9.44. The molecule has 0 radical (unpaired) electrons. The molecule has 4 aliphatic rings. The fourth-order valence-electron chi connectivity index (χ4n) is 9.18. The maximum absolute atomic E-state index is 2.73. The first kappa shape index (κ1) is 18.4. The Balaban J connectivity index is 1.55. The van der Waals surface area contributed by atoms with Gasteiger partial charge < -0.3 is 0 Å². The predicted molar refractivity (Wildman–Crippen MR) is 108 cm³/mol. The molecular weight excluding hydrogens is 300 g/mol. The first-order valence-electron chi connectivity index (χ1n) is 11.9. The van der Waals surface area contributed by atoms with Crippen LogP contribution >= 0.6 is 0 Å². The van der Waals surface area contributed by atoms with Crippen molar-refractivity contribution in [3.63, 3.8) is 0 Å². The molecule has 0 saturated heterocycles. The molecule has 0 N–H and O–H groups in total. The van der Waals surface area contributed by atoms with Crippen LogP contribution in [0.4, 0.5) is 0 Å². The zero-order chi connectivity index (χ0) is 17.8. The molecule has 1 unspecified atom stereocenters. The van der Waals surface area contributed by atoms with E-state index in [9.17, 15) is 0 Å². The van der Waals surface area contributed by atoms with Crippen LogP contribution in [0.15, 0.2) is 0 Å². The van der Waals surface area contributed by atoms with Crippen LogP contribution in [-0.4, -0.2) is 0 Å². The molecule has 4 fully saturated rings. The summed E-state index contributed by atoms with van der Waals surface area (Å²) in [4.78, 5) is 0. The van der Waals surface area contributed by atoms with Gasteiger partial charge in [-0.25, -0.2) is 0 Å². The van der Waals surface area contributed by atoms with Gasteiger partial charge in [0.05, 0.1) is 0 Å². The maximum Gasteiger partial charge on any atom is -0.0264 e. The highest BCUT2D eigenvalue weighted by atomic mass is 14.6. The molecule has 0 aromatic heterocycles. The van der Waals surface area contributed by atoms with Crippen LogP contribution in [0, 0.1) is 52.3 Å². The second-order valence-electron chi connectivity index (χ2n) is 11.7. The lowest BCUT2D eigenvalue weighted by Crippen LogP contribution is -2.53. The van der Waals surface area contributed by atoms with Crippen molar-refractivity contribution in [1.82, 2.24) is 0 Å². The lowest BCUT2D eigenvalue weighted by molar-refractivity contribution is -0.114. The molecule has 4 aliphatic carbocycles. The van der Waals surface area contributed by atoms with E-state index in [0.29, 0.717) is 10.8 Å². The van der Waals surface area contributed by atoms with Crippen LogP contribution in [-0.2, 0) is 0 Å². The molecule has 0 heteroatoms. The highest BCUT2D eigenvalue weighted by Gasteiger charge is 2.60. The summed E-state index contributed by atoms with van der Waals surface area (Å²) >= 11 is 0. The first-order chi connectivity index (χ1) is 11.9. The molecule has 0 amide bonds. The SMILES string of the molecule is CC(C)C[C@@H](C)[C@H]1CC[C@H]2[C@@H]3CCC4CCCC[C@]4(C)[C@H]3CC[C@]12C.